The number of nitrogens with one attached hydrogen (secondary N) is 1. The first-order valence-electron chi connectivity index (χ1n) is 4.75. The van der Waals surface area contributed by atoms with Crippen molar-refractivity contribution in [3.05, 3.63) is 46.0 Å². The fraction of sp³-hybridized carbons (Fsp3) is 0.0909. The topological polar surface area (TPSA) is 55.1 Å². The van der Waals surface area contributed by atoms with Crippen LogP contribution in [-0.4, -0.2) is 11.1 Å². The standard InChI is InChI=1S/C11H8BrFN2O2/c1-6-8(5-14-17-6)11(16)15-10-3-2-7(12)4-9(10)13/h2-5H,1H3,(H,15,16). The number of carbonyl (C=O) groups is 1. The molecule has 0 aliphatic rings. The van der Waals surface area contributed by atoms with Gasteiger partial charge in [0.2, 0.25) is 0 Å². The molecule has 0 bridgehead atoms. The Balaban J connectivity index is 2.22. The number of carbonyl (C=O) groups excluding carboxylic acids is 1. The van der Waals surface area contributed by atoms with Crippen LogP contribution in [0.2, 0.25) is 0 Å². The van der Waals surface area contributed by atoms with Crippen molar-refractivity contribution >= 4 is 27.5 Å². The minimum absolute atomic E-state index is 0.110. The molecule has 0 saturated carbocycles. The molecule has 0 fully saturated rings. The summed E-state index contributed by atoms with van der Waals surface area (Å²) < 4.78 is 18.8. The number of amides is 1. The molecule has 0 aliphatic carbocycles. The number of rotatable bonds is 2. The van der Waals surface area contributed by atoms with Crippen molar-refractivity contribution in [3.8, 4) is 0 Å². The fourth-order valence-electron chi connectivity index (χ4n) is 1.30. The predicted octanol–water partition coefficient (Wildman–Crippen LogP) is 3.14. The third kappa shape index (κ3) is 2.52. The van der Waals surface area contributed by atoms with Gasteiger partial charge in [-0.25, -0.2) is 4.39 Å². The van der Waals surface area contributed by atoms with Crippen molar-refractivity contribution in [1.29, 1.82) is 0 Å². The second kappa shape index (κ2) is 4.67. The van der Waals surface area contributed by atoms with Gasteiger partial charge in [-0.15, -0.1) is 0 Å². The van der Waals surface area contributed by atoms with Gasteiger partial charge in [0.25, 0.3) is 5.91 Å². The lowest BCUT2D eigenvalue weighted by molar-refractivity contribution is 0.102. The molecular weight excluding hydrogens is 291 g/mol. The highest BCUT2D eigenvalue weighted by Crippen LogP contribution is 2.20. The van der Waals surface area contributed by atoms with Gasteiger partial charge in [0.15, 0.2) is 0 Å². The van der Waals surface area contributed by atoms with E-state index in [1.807, 2.05) is 0 Å². The molecule has 0 spiro atoms. The van der Waals surface area contributed by atoms with Gasteiger partial charge >= 0.3 is 0 Å². The average Bonchev–Trinajstić information content (AvgIpc) is 2.68. The highest BCUT2D eigenvalue weighted by molar-refractivity contribution is 9.10. The van der Waals surface area contributed by atoms with Crippen molar-refractivity contribution in [2.75, 3.05) is 5.32 Å². The van der Waals surface area contributed by atoms with E-state index in [1.165, 1.54) is 18.3 Å². The van der Waals surface area contributed by atoms with Crippen molar-refractivity contribution < 1.29 is 13.7 Å². The van der Waals surface area contributed by atoms with Gasteiger partial charge in [0, 0.05) is 4.47 Å². The van der Waals surface area contributed by atoms with Crippen molar-refractivity contribution in [1.82, 2.24) is 5.16 Å². The quantitative estimate of drug-likeness (QED) is 0.927. The largest absolute Gasteiger partial charge is 0.361 e. The Morgan fingerprint density at radius 2 is 2.29 bits per heavy atom. The van der Waals surface area contributed by atoms with Crippen LogP contribution >= 0.6 is 15.9 Å². The number of aromatic nitrogens is 1. The van der Waals surface area contributed by atoms with E-state index in [4.69, 9.17) is 4.52 Å². The first-order valence-corrected chi connectivity index (χ1v) is 5.55. The van der Waals surface area contributed by atoms with E-state index < -0.39 is 11.7 Å². The second-order valence-electron chi connectivity index (χ2n) is 3.37. The second-order valence-corrected chi connectivity index (χ2v) is 4.29. The Bertz CT molecular complexity index is 568. The highest BCUT2D eigenvalue weighted by atomic mass is 79.9. The van der Waals surface area contributed by atoms with Gasteiger partial charge in [0.05, 0.1) is 11.9 Å². The molecule has 0 radical (unpaired) electrons. The molecule has 0 atom stereocenters. The van der Waals surface area contributed by atoms with E-state index in [1.54, 1.807) is 13.0 Å². The van der Waals surface area contributed by atoms with E-state index >= 15 is 0 Å². The number of hydrogen-bond donors (Lipinski definition) is 1. The Kier molecular flexibility index (Phi) is 3.23. The summed E-state index contributed by atoms with van der Waals surface area (Å²) in [7, 11) is 0. The maximum atomic E-state index is 13.5. The molecular formula is C11H8BrFN2O2. The summed E-state index contributed by atoms with van der Waals surface area (Å²) in [5.41, 5.74) is 0.395. The minimum atomic E-state index is -0.512. The first-order chi connectivity index (χ1) is 8.08. The van der Waals surface area contributed by atoms with Crippen LogP contribution < -0.4 is 5.32 Å². The predicted molar refractivity (Wildman–Crippen MR) is 63.3 cm³/mol. The summed E-state index contributed by atoms with van der Waals surface area (Å²) >= 11 is 3.14. The van der Waals surface area contributed by atoms with E-state index in [0.717, 1.165) is 0 Å². The Morgan fingerprint density at radius 3 is 2.88 bits per heavy atom. The molecule has 88 valence electrons. The molecule has 2 rings (SSSR count). The maximum Gasteiger partial charge on any atom is 0.260 e. The summed E-state index contributed by atoms with van der Waals surface area (Å²) in [6.45, 7) is 1.61. The summed E-state index contributed by atoms with van der Waals surface area (Å²) in [5, 5.41) is 5.93. The number of hydrogen-bond acceptors (Lipinski definition) is 3. The summed E-state index contributed by atoms with van der Waals surface area (Å²) in [5.74, 6) is -0.577. The molecule has 1 N–H and O–H groups in total. The molecule has 6 heteroatoms. The van der Waals surface area contributed by atoms with Crippen LogP contribution in [0.3, 0.4) is 0 Å². The van der Waals surface area contributed by atoms with Gasteiger partial charge in [-0.1, -0.05) is 21.1 Å². The van der Waals surface area contributed by atoms with E-state index in [9.17, 15) is 9.18 Å². The summed E-state index contributed by atoms with van der Waals surface area (Å²) in [4.78, 5) is 11.7. The molecule has 1 heterocycles. The van der Waals surface area contributed by atoms with Crippen molar-refractivity contribution in [2.45, 2.75) is 6.92 Å². The van der Waals surface area contributed by atoms with E-state index in [0.29, 0.717) is 10.2 Å². The third-order valence-electron chi connectivity index (χ3n) is 2.17. The SMILES string of the molecule is Cc1oncc1C(=O)Nc1ccc(Br)cc1F. The smallest absolute Gasteiger partial charge is 0.260 e. The minimum Gasteiger partial charge on any atom is -0.361 e. The van der Waals surface area contributed by atoms with Crippen molar-refractivity contribution in [3.63, 3.8) is 0 Å². The zero-order valence-electron chi connectivity index (χ0n) is 8.83. The molecule has 1 aromatic heterocycles. The first kappa shape index (κ1) is 11.8. The lowest BCUT2D eigenvalue weighted by Crippen LogP contribution is -2.13. The Morgan fingerprint density at radius 1 is 1.53 bits per heavy atom. The fourth-order valence-corrected chi connectivity index (χ4v) is 1.63. The molecule has 0 unspecified atom stereocenters. The lowest BCUT2D eigenvalue weighted by Gasteiger charge is -2.05. The summed E-state index contributed by atoms with van der Waals surface area (Å²) in [6.07, 6.45) is 1.29. The molecule has 0 aliphatic heterocycles. The number of nitrogens with zero attached hydrogens (tertiary/aromatic N) is 1. The summed E-state index contributed by atoms with van der Waals surface area (Å²) in [6, 6.07) is 4.38. The van der Waals surface area contributed by atoms with Gasteiger partial charge in [0.1, 0.15) is 17.1 Å². The number of aryl methyl sites for hydroxylation is 1. The third-order valence-corrected chi connectivity index (χ3v) is 2.67. The van der Waals surface area contributed by atoms with Crippen LogP contribution in [0, 0.1) is 12.7 Å². The molecule has 17 heavy (non-hydrogen) atoms. The van der Waals surface area contributed by atoms with Crippen LogP contribution in [-0.2, 0) is 0 Å². The zero-order chi connectivity index (χ0) is 12.4. The van der Waals surface area contributed by atoms with Crippen LogP contribution in [0.25, 0.3) is 0 Å². The van der Waals surface area contributed by atoms with Crippen LogP contribution in [0.15, 0.2) is 33.4 Å². The van der Waals surface area contributed by atoms with Crippen LogP contribution in [0.1, 0.15) is 16.1 Å². The van der Waals surface area contributed by atoms with Gasteiger partial charge in [-0.05, 0) is 25.1 Å². The van der Waals surface area contributed by atoms with Crippen LogP contribution in [0.4, 0.5) is 10.1 Å². The number of anilines is 1. The maximum absolute atomic E-state index is 13.5. The van der Waals surface area contributed by atoms with Crippen molar-refractivity contribution in [2.24, 2.45) is 0 Å². The monoisotopic (exact) mass is 298 g/mol. The zero-order valence-corrected chi connectivity index (χ0v) is 10.4. The molecule has 4 nitrogen and oxygen atoms in total. The molecule has 1 aromatic carbocycles. The Hall–Kier alpha value is -1.69. The van der Waals surface area contributed by atoms with E-state index in [-0.39, 0.29) is 11.3 Å². The normalized spacial score (nSPS) is 10.3. The van der Waals surface area contributed by atoms with Gasteiger partial charge in [-0.2, -0.15) is 0 Å². The molecule has 1 amide bonds. The number of halogens is 2. The van der Waals surface area contributed by atoms with Crippen LogP contribution in [0.5, 0.6) is 0 Å². The van der Waals surface area contributed by atoms with Gasteiger partial charge in [-0.3, -0.25) is 4.79 Å². The van der Waals surface area contributed by atoms with E-state index in [2.05, 4.69) is 26.4 Å². The molecule has 0 saturated heterocycles. The van der Waals surface area contributed by atoms with Gasteiger partial charge < -0.3 is 9.84 Å². The molecule has 2 aromatic rings. The lowest BCUT2D eigenvalue weighted by atomic mass is 10.2. The Labute approximate surface area is 105 Å². The highest BCUT2D eigenvalue weighted by Gasteiger charge is 2.14. The average molecular weight is 299 g/mol. The number of benzene rings is 1.